The van der Waals surface area contributed by atoms with Crippen molar-refractivity contribution >= 4 is 32.8 Å². The van der Waals surface area contributed by atoms with Gasteiger partial charge in [0.2, 0.25) is 0 Å². The lowest BCUT2D eigenvalue weighted by Crippen LogP contribution is -2.56. The van der Waals surface area contributed by atoms with E-state index >= 15 is 0 Å². The molecular formula is C24H24BrN3O3. The number of benzene rings is 1. The summed E-state index contributed by atoms with van der Waals surface area (Å²) < 4.78 is 14.8. The van der Waals surface area contributed by atoms with Crippen LogP contribution in [0.15, 0.2) is 59.0 Å². The zero-order valence-electron chi connectivity index (χ0n) is 17.8. The molecule has 0 N–H and O–H groups in total. The van der Waals surface area contributed by atoms with Crippen LogP contribution in [0.5, 0.6) is 0 Å². The zero-order valence-corrected chi connectivity index (χ0v) is 19.3. The third-order valence-corrected chi connectivity index (χ3v) is 6.93. The van der Waals surface area contributed by atoms with E-state index in [9.17, 15) is 4.79 Å². The molecule has 0 saturated carbocycles. The van der Waals surface area contributed by atoms with Crippen LogP contribution in [0.2, 0.25) is 0 Å². The van der Waals surface area contributed by atoms with Crippen LogP contribution in [0.3, 0.4) is 0 Å². The first-order chi connectivity index (χ1) is 14.9. The number of pyridine rings is 1. The van der Waals surface area contributed by atoms with Gasteiger partial charge in [-0.05, 0) is 64.3 Å². The second kappa shape index (κ2) is 7.58. The maximum atomic E-state index is 12.5. The summed E-state index contributed by atoms with van der Waals surface area (Å²) in [5.74, 6) is -0.387. The van der Waals surface area contributed by atoms with Crippen LogP contribution in [0.1, 0.15) is 21.5 Å². The maximum absolute atomic E-state index is 12.5. The van der Waals surface area contributed by atoms with Gasteiger partial charge in [0.25, 0.3) is 0 Å². The summed E-state index contributed by atoms with van der Waals surface area (Å²) in [4.78, 5) is 18.9. The molecule has 7 heteroatoms. The first-order valence-electron chi connectivity index (χ1n) is 10.2. The molecule has 1 aliphatic carbocycles. The molecule has 1 aromatic carbocycles. The van der Waals surface area contributed by atoms with Gasteiger partial charge in [-0.25, -0.2) is 4.79 Å². The predicted octanol–water partition coefficient (Wildman–Crippen LogP) is 3.83. The molecule has 0 unspecified atom stereocenters. The summed E-state index contributed by atoms with van der Waals surface area (Å²) in [5, 5.41) is 1.27. The topological polar surface area (TPSA) is 56.6 Å². The number of hydrogen-bond acceptors (Lipinski definition) is 5. The number of hydrogen-bond donors (Lipinski definition) is 0. The minimum Gasteiger partial charge on any atom is -0.457 e. The van der Waals surface area contributed by atoms with Crippen molar-refractivity contribution in [1.29, 1.82) is 0 Å². The Hall–Kier alpha value is -2.48. The largest absolute Gasteiger partial charge is 0.457 e. The fraction of sp³-hybridized carbons (Fsp3) is 0.333. The molecule has 2 aromatic heterocycles. The number of aryl methyl sites for hydroxylation is 1. The Morgan fingerprint density at radius 3 is 2.94 bits per heavy atom. The number of likely N-dealkylation sites (N-methyl/N-ethyl adjacent to an activating group) is 1. The number of ether oxygens (including phenoxy) is 2. The molecule has 0 fully saturated rings. The smallest absolute Gasteiger partial charge is 0.340 e. The number of aromatic nitrogens is 2. The van der Waals surface area contributed by atoms with E-state index in [1.54, 1.807) is 19.4 Å². The molecule has 0 saturated heterocycles. The van der Waals surface area contributed by atoms with E-state index in [2.05, 4.69) is 74.9 Å². The molecule has 5 rings (SSSR count). The fourth-order valence-corrected chi connectivity index (χ4v) is 5.52. The highest BCUT2D eigenvalue weighted by Crippen LogP contribution is 2.47. The first kappa shape index (κ1) is 20.4. The molecule has 3 heterocycles. The Morgan fingerprint density at radius 2 is 2.16 bits per heavy atom. The summed E-state index contributed by atoms with van der Waals surface area (Å²) in [6, 6.07) is 8.28. The zero-order chi connectivity index (χ0) is 21.8. The summed E-state index contributed by atoms with van der Waals surface area (Å²) in [6.07, 6.45) is 8.47. The minimum atomic E-state index is -0.583. The normalized spacial score (nSPS) is 22.8. The van der Waals surface area contributed by atoms with E-state index in [1.807, 2.05) is 0 Å². The Bertz CT molecular complexity index is 1220. The summed E-state index contributed by atoms with van der Waals surface area (Å²) in [7, 11) is 5.97. The van der Waals surface area contributed by atoms with Crippen molar-refractivity contribution in [2.45, 2.75) is 18.1 Å². The highest BCUT2D eigenvalue weighted by Gasteiger charge is 2.48. The minimum absolute atomic E-state index is 0.173. The average Bonchev–Trinajstić information content (AvgIpc) is 3.09. The van der Waals surface area contributed by atoms with Gasteiger partial charge in [-0.1, -0.05) is 12.1 Å². The second-order valence-corrected chi connectivity index (χ2v) is 9.28. The van der Waals surface area contributed by atoms with Crippen molar-refractivity contribution in [3.63, 3.8) is 0 Å². The van der Waals surface area contributed by atoms with Crippen LogP contribution >= 0.6 is 15.9 Å². The van der Waals surface area contributed by atoms with Gasteiger partial charge < -0.3 is 14.0 Å². The quantitative estimate of drug-likeness (QED) is 0.418. The Labute approximate surface area is 189 Å². The molecule has 160 valence electrons. The third kappa shape index (κ3) is 3.23. The number of rotatable bonds is 4. The van der Waals surface area contributed by atoms with Gasteiger partial charge in [0.15, 0.2) is 0 Å². The van der Waals surface area contributed by atoms with Crippen molar-refractivity contribution in [2.24, 2.45) is 7.05 Å². The summed E-state index contributed by atoms with van der Waals surface area (Å²) in [5.41, 5.74) is 4.59. The Balaban J connectivity index is 1.51. The van der Waals surface area contributed by atoms with E-state index in [1.165, 1.54) is 28.2 Å². The molecule has 31 heavy (non-hydrogen) atoms. The van der Waals surface area contributed by atoms with Gasteiger partial charge in [0, 0.05) is 54.7 Å². The van der Waals surface area contributed by atoms with E-state index in [-0.39, 0.29) is 18.6 Å². The maximum Gasteiger partial charge on any atom is 0.340 e. The van der Waals surface area contributed by atoms with E-state index in [0.717, 1.165) is 23.0 Å². The molecule has 0 amide bonds. The highest BCUT2D eigenvalue weighted by atomic mass is 79.9. The molecule has 1 aliphatic heterocycles. The van der Waals surface area contributed by atoms with Crippen LogP contribution in [0.4, 0.5) is 0 Å². The standard InChI is InChI=1S/C24H24BrN3O3/c1-27-13-17-8-21-24(30-3,19-5-4-6-20(27)22(17)19)9-15(12-28(21)2)14-31-23(29)16-7-18(25)11-26-10-16/h4-7,9-11,13,21H,8,12,14H2,1-3H3/t21-,24+/m1/s1. The Morgan fingerprint density at radius 1 is 1.32 bits per heavy atom. The van der Waals surface area contributed by atoms with E-state index < -0.39 is 5.60 Å². The highest BCUT2D eigenvalue weighted by molar-refractivity contribution is 9.10. The van der Waals surface area contributed by atoms with Crippen LogP contribution < -0.4 is 0 Å². The third-order valence-electron chi connectivity index (χ3n) is 6.49. The summed E-state index contributed by atoms with van der Waals surface area (Å²) in [6.45, 7) is 0.934. The van der Waals surface area contributed by atoms with Crippen molar-refractivity contribution in [1.82, 2.24) is 14.5 Å². The number of esters is 1. The SMILES string of the molecule is CO[C@]12C=C(COC(=O)c3cncc(Br)c3)CN(C)[C@@H]1Cc1cn(C)c3cccc2c13. The lowest BCUT2D eigenvalue weighted by atomic mass is 9.73. The van der Waals surface area contributed by atoms with Gasteiger partial charge in [-0.3, -0.25) is 9.88 Å². The van der Waals surface area contributed by atoms with Crippen molar-refractivity contribution < 1.29 is 14.3 Å². The molecule has 0 spiro atoms. The first-order valence-corrected chi connectivity index (χ1v) is 11.0. The number of methoxy groups -OCH3 is 1. The monoisotopic (exact) mass is 481 g/mol. The average molecular weight is 482 g/mol. The van der Waals surface area contributed by atoms with Crippen LogP contribution in [-0.4, -0.2) is 53.8 Å². The lowest BCUT2D eigenvalue weighted by Gasteiger charge is -2.49. The van der Waals surface area contributed by atoms with Gasteiger partial charge in [0.05, 0.1) is 11.6 Å². The Kier molecular flexibility index (Phi) is 5.00. The lowest BCUT2D eigenvalue weighted by molar-refractivity contribution is -0.0515. The van der Waals surface area contributed by atoms with Gasteiger partial charge in [0.1, 0.15) is 12.2 Å². The summed E-state index contributed by atoms with van der Waals surface area (Å²) >= 11 is 3.34. The van der Waals surface area contributed by atoms with Gasteiger partial charge >= 0.3 is 5.97 Å². The molecule has 0 radical (unpaired) electrons. The number of nitrogens with zero attached hydrogens (tertiary/aromatic N) is 3. The van der Waals surface area contributed by atoms with E-state index in [4.69, 9.17) is 9.47 Å². The van der Waals surface area contributed by atoms with Crippen molar-refractivity contribution in [2.75, 3.05) is 27.3 Å². The predicted molar refractivity (Wildman–Crippen MR) is 122 cm³/mol. The van der Waals surface area contributed by atoms with Gasteiger partial charge in [-0.15, -0.1) is 0 Å². The number of carbonyl (C=O) groups is 1. The van der Waals surface area contributed by atoms with Crippen molar-refractivity contribution in [3.8, 4) is 0 Å². The molecule has 3 aromatic rings. The van der Waals surface area contributed by atoms with Crippen LogP contribution in [0.25, 0.3) is 10.9 Å². The number of carbonyl (C=O) groups excluding carboxylic acids is 1. The van der Waals surface area contributed by atoms with Crippen molar-refractivity contribution in [3.05, 3.63) is 75.7 Å². The molecule has 2 atom stereocenters. The molecule has 2 aliphatic rings. The molecular weight excluding hydrogens is 458 g/mol. The number of fused-ring (bicyclic) bond motifs is 2. The fourth-order valence-electron chi connectivity index (χ4n) is 5.15. The van der Waals surface area contributed by atoms with Crippen LogP contribution in [0, 0.1) is 0 Å². The molecule has 0 bridgehead atoms. The molecule has 6 nitrogen and oxygen atoms in total. The number of halogens is 1. The van der Waals surface area contributed by atoms with Crippen LogP contribution in [-0.2, 0) is 28.5 Å². The van der Waals surface area contributed by atoms with E-state index in [0.29, 0.717) is 5.56 Å². The van der Waals surface area contributed by atoms with Gasteiger partial charge in [-0.2, -0.15) is 0 Å². The second-order valence-electron chi connectivity index (χ2n) is 8.37.